The standard InChI is InChI=1S/C20H24O4/c1-19-8-9-20(23-10-11-24-20)13-16(19)5-3-4-14-12-15(18(21)22-2)6-7-17(14)19/h3-4,6-7,12,16H,5,8-11,13H2,1-2H3. The Labute approximate surface area is 142 Å². The molecule has 2 unspecified atom stereocenters. The van der Waals surface area contributed by atoms with Gasteiger partial charge in [0.05, 0.1) is 25.9 Å². The molecular weight excluding hydrogens is 304 g/mol. The summed E-state index contributed by atoms with van der Waals surface area (Å²) in [5.41, 5.74) is 3.14. The SMILES string of the molecule is COC(=O)c1ccc2c(c1)C=CCC1CC3(CCC21C)OCCO3. The zero-order valence-electron chi connectivity index (χ0n) is 14.3. The highest BCUT2D eigenvalue weighted by Crippen LogP contribution is 2.53. The molecule has 1 spiro atoms. The fraction of sp³-hybridized carbons (Fsp3) is 0.550. The Morgan fingerprint density at radius 3 is 2.79 bits per heavy atom. The third-order valence-corrected chi connectivity index (χ3v) is 6.10. The highest BCUT2D eigenvalue weighted by Gasteiger charge is 2.51. The lowest BCUT2D eigenvalue weighted by Crippen LogP contribution is -2.47. The summed E-state index contributed by atoms with van der Waals surface area (Å²) in [4.78, 5) is 11.8. The molecule has 1 heterocycles. The summed E-state index contributed by atoms with van der Waals surface area (Å²) in [6.45, 7) is 3.76. The van der Waals surface area contributed by atoms with Crippen molar-refractivity contribution in [2.24, 2.45) is 5.92 Å². The van der Waals surface area contributed by atoms with Gasteiger partial charge in [-0.15, -0.1) is 0 Å². The van der Waals surface area contributed by atoms with Gasteiger partial charge in [0.15, 0.2) is 5.79 Å². The van der Waals surface area contributed by atoms with Gasteiger partial charge in [0.1, 0.15) is 0 Å². The molecule has 2 aliphatic carbocycles. The summed E-state index contributed by atoms with van der Waals surface area (Å²) in [6, 6.07) is 5.95. The van der Waals surface area contributed by atoms with Crippen molar-refractivity contribution in [3.05, 3.63) is 41.0 Å². The number of carbonyl (C=O) groups excluding carboxylic acids is 1. The molecule has 1 saturated carbocycles. The van der Waals surface area contributed by atoms with E-state index >= 15 is 0 Å². The fourth-order valence-corrected chi connectivity index (χ4v) is 4.64. The van der Waals surface area contributed by atoms with Crippen molar-refractivity contribution in [2.45, 2.75) is 43.8 Å². The molecule has 4 rings (SSSR count). The van der Waals surface area contributed by atoms with Crippen LogP contribution in [0.5, 0.6) is 0 Å². The minimum atomic E-state index is -0.367. The van der Waals surface area contributed by atoms with Gasteiger partial charge in [0.25, 0.3) is 0 Å². The fourth-order valence-electron chi connectivity index (χ4n) is 4.64. The van der Waals surface area contributed by atoms with E-state index in [1.165, 1.54) is 12.7 Å². The monoisotopic (exact) mass is 328 g/mol. The van der Waals surface area contributed by atoms with E-state index in [4.69, 9.17) is 14.2 Å². The van der Waals surface area contributed by atoms with Gasteiger partial charge < -0.3 is 14.2 Å². The van der Waals surface area contributed by atoms with Gasteiger partial charge in [0.2, 0.25) is 0 Å². The largest absolute Gasteiger partial charge is 0.465 e. The molecule has 0 amide bonds. The van der Waals surface area contributed by atoms with Crippen molar-refractivity contribution >= 4 is 12.0 Å². The molecule has 128 valence electrons. The Morgan fingerprint density at radius 2 is 2.04 bits per heavy atom. The van der Waals surface area contributed by atoms with Crippen LogP contribution in [-0.4, -0.2) is 32.1 Å². The quantitative estimate of drug-likeness (QED) is 0.738. The number of hydrogen-bond donors (Lipinski definition) is 0. The van der Waals surface area contributed by atoms with Crippen molar-refractivity contribution in [3.8, 4) is 0 Å². The number of benzene rings is 1. The summed E-state index contributed by atoms with van der Waals surface area (Å²) in [5, 5.41) is 0. The third-order valence-electron chi connectivity index (χ3n) is 6.10. The molecule has 1 aliphatic heterocycles. The van der Waals surface area contributed by atoms with Gasteiger partial charge in [0, 0.05) is 12.8 Å². The van der Waals surface area contributed by atoms with Crippen LogP contribution < -0.4 is 0 Å². The van der Waals surface area contributed by atoms with Gasteiger partial charge in [-0.1, -0.05) is 25.1 Å². The molecule has 24 heavy (non-hydrogen) atoms. The average Bonchev–Trinajstić information content (AvgIpc) is 3.00. The lowest BCUT2D eigenvalue weighted by molar-refractivity contribution is -0.197. The molecule has 2 atom stereocenters. The van der Waals surface area contributed by atoms with Crippen molar-refractivity contribution in [1.82, 2.24) is 0 Å². The number of esters is 1. The number of fused-ring (bicyclic) bond motifs is 3. The molecule has 1 aromatic carbocycles. The molecule has 4 heteroatoms. The summed E-state index contributed by atoms with van der Waals surface area (Å²) in [7, 11) is 1.42. The zero-order valence-corrected chi connectivity index (χ0v) is 14.3. The maximum Gasteiger partial charge on any atom is 0.337 e. The zero-order chi connectivity index (χ0) is 16.8. The van der Waals surface area contributed by atoms with Crippen molar-refractivity contribution in [3.63, 3.8) is 0 Å². The van der Waals surface area contributed by atoms with Gasteiger partial charge in [-0.3, -0.25) is 0 Å². The number of ether oxygens (including phenoxy) is 3. The summed E-state index contributed by atoms with van der Waals surface area (Å²) < 4.78 is 16.8. The summed E-state index contributed by atoms with van der Waals surface area (Å²) in [6.07, 6.45) is 8.28. The van der Waals surface area contributed by atoms with Gasteiger partial charge >= 0.3 is 5.97 Å². The molecule has 0 N–H and O–H groups in total. The first-order chi connectivity index (χ1) is 11.6. The summed E-state index contributed by atoms with van der Waals surface area (Å²) in [5.74, 6) is -0.174. The van der Waals surface area contributed by atoms with Crippen molar-refractivity contribution < 1.29 is 19.0 Å². The van der Waals surface area contributed by atoms with Crippen LogP contribution in [0.2, 0.25) is 0 Å². The number of methoxy groups -OCH3 is 1. The van der Waals surface area contributed by atoms with Gasteiger partial charge in [-0.25, -0.2) is 4.79 Å². The molecule has 1 saturated heterocycles. The normalized spacial score (nSPS) is 30.5. The molecule has 0 bridgehead atoms. The number of allylic oxidation sites excluding steroid dienone is 1. The van der Waals surface area contributed by atoms with Crippen LogP contribution in [0.15, 0.2) is 24.3 Å². The molecule has 0 radical (unpaired) electrons. The first-order valence-corrected chi connectivity index (χ1v) is 8.74. The Morgan fingerprint density at radius 1 is 1.25 bits per heavy atom. The molecule has 3 aliphatic rings. The maximum atomic E-state index is 11.8. The van der Waals surface area contributed by atoms with E-state index in [0.717, 1.165) is 31.2 Å². The van der Waals surface area contributed by atoms with Crippen LogP contribution in [0.3, 0.4) is 0 Å². The van der Waals surface area contributed by atoms with E-state index < -0.39 is 0 Å². The molecular formula is C20H24O4. The number of carbonyl (C=O) groups is 1. The molecule has 4 nitrogen and oxygen atoms in total. The van der Waals surface area contributed by atoms with E-state index in [-0.39, 0.29) is 17.2 Å². The lowest BCUT2D eigenvalue weighted by Gasteiger charge is -2.48. The van der Waals surface area contributed by atoms with E-state index in [1.807, 2.05) is 12.1 Å². The summed E-state index contributed by atoms with van der Waals surface area (Å²) >= 11 is 0. The second-order valence-corrected chi connectivity index (χ2v) is 7.36. The second-order valence-electron chi connectivity index (χ2n) is 7.36. The van der Waals surface area contributed by atoms with Crippen LogP contribution in [0, 0.1) is 5.92 Å². The minimum Gasteiger partial charge on any atom is -0.465 e. The van der Waals surface area contributed by atoms with E-state index in [1.54, 1.807) is 0 Å². The lowest BCUT2D eigenvalue weighted by atomic mass is 9.61. The first kappa shape index (κ1) is 15.9. The predicted molar refractivity (Wildman–Crippen MR) is 90.8 cm³/mol. The maximum absolute atomic E-state index is 11.8. The second kappa shape index (κ2) is 5.71. The molecule has 1 aromatic rings. The van der Waals surface area contributed by atoms with Crippen LogP contribution in [0.25, 0.3) is 6.08 Å². The Hall–Kier alpha value is -1.65. The van der Waals surface area contributed by atoms with Gasteiger partial charge in [-0.05, 0) is 47.4 Å². The van der Waals surface area contributed by atoms with Crippen molar-refractivity contribution in [2.75, 3.05) is 20.3 Å². The van der Waals surface area contributed by atoms with E-state index in [0.29, 0.717) is 24.7 Å². The van der Waals surface area contributed by atoms with Crippen molar-refractivity contribution in [1.29, 1.82) is 0 Å². The van der Waals surface area contributed by atoms with Crippen LogP contribution in [-0.2, 0) is 19.6 Å². The minimum absolute atomic E-state index is 0.0774. The van der Waals surface area contributed by atoms with E-state index in [2.05, 4.69) is 25.1 Å². The predicted octanol–water partition coefficient (Wildman–Crippen LogP) is 3.69. The van der Waals surface area contributed by atoms with Crippen LogP contribution in [0.4, 0.5) is 0 Å². The Balaban J connectivity index is 1.71. The number of rotatable bonds is 1. The molecule has 0 aromatic heterocycles. The van der Waals surface area contributed by atoms with Crippen LogP contribution in [0.1, 0.15) is 54.1 Å². The Bertz CT molecular complexity index is 687. The number of hydrogen-bond acceptors (Lipinski definition) is 4. The van der Waals surface area contributed by atoms with E-state index in [9.17, 15) is 4.79 Å². The van der Waals surface area contributed by atoms with Gasteiger partial charge in [-0.2, -0.15) is 0 Å². The third kappa shape index (κ3) is 2.40. The smallest absolute Gasteiger partial charge is 0.337 e. The molecule has 2 fully saturated rings. The average molecular weight is 328 g/mol. The highest BCUT2D eigenvalue weighted by molar-refractivity contribution is 5.90. The highest BCUT2D eigenvalue weighted by atomic mass is 16.7. The van der Waals surface area contributed by atoms with Crippen LogP contribution >= 0.6 is 0 Å². The first-order valence-electron chi connectivity index (χ1n) is 8.74. The topological polar surface area (TPSA) is 44.8 Å². The Kier molecular flexibility index (Phi) is 3.77.